The molecular weight excluding hydrogens is 306 g/mol. The molecule has 2 N–H and O–H groups in total. The van der Waals surface area contributed by atoms with Gasteiger partial charge in [-0.1, -0.05) is 30.3 Å². The predicted octanol–water partition coefficient (Wildman–Crippen LogP) is 2.10. The van der Waals surface area contributed by atoms with Crippen molar-refractivity contribution in [2.24, 2.45) is 0 Å². The first-order valence-corrected chi connectivity index (χ1v) is 7.72. The summed E-state index contributed by atoms with van der Waals surface area (Å²) >= 11 is 0. The second kappa shape index (κ2) is 5.49. The SMILES string of the molecule is O=C1CC(C(=O)N2CC(=O)Nc3ccccc32)c2ccccc2N1. The Balaban J connectivity index is 1.75. The number of benzene rings is 2. The first-order chi connectivity index (χ1) is 11.6. The maximum absolute atomic E-state index is 13.1. The second-order valence-corrected chi connectivity index (χ2v) is 5.88. The third-order valence-corrected chi connectivity index (χ3v) is 4.33. The zero-order valence-electron chi connectivity index (χ0n) is 12.8. The minimum atomic E-state index is -0.589. The molecule has 2 aliphatic rings. The van der Waals surface area contributed by atoms with Crippen LogP contribution in [0.4, 0.5) is 17.1 Å². The summed E-state index contributed by atoms with van der Waals surface area (Å²) in [5.74, 6) is -1.26. The zero-order chi connectivity index (χ0) is 16.7. The fraction of sp³-hybridized carbons (Fsp3) is 0.167. The van der Waals surface area contributed by atoms with Gasteiger partial charge in [0, 0.05) is 12.1 Å². The van der Waals surface area contributed by atoms with Gasteiger partial charge in [-0.25, -0.2) is 0 Å². The van der Waals surface area contributed by atoms with Gasteiger partial charge in [0.05, 0.1) is 17.3 Å². The molecule has 6 heteroatoms. The van der Waals surface area contributed by atoms with Crippen molar-refractivity contribution in [3.8, 4) is 0 Å². The summed E-state index contributed by atoms with van der Waals surface area (Å²) < 4.78 is 0. The highest BCUT2D eigenvalue weighted by Crippen LogP contribution is 2.37. The molecule has 0 radical (unpaired) electrons. The highest BCUT2D eigenvalue weighted by atomic mass is 16.2. The number of nitrogens with zero attached hydrogens (tertiary/aromatic N) is 1. The van der Waals surface area contributed by atoms with Crippen LogP contribution in [0.5, 0.6) is 0 Å². The molecule has 2 aromatic carbocycles. The Morgan fingerprint density at radius 1 is 0.917 bits per heavy atom. The van der Waals surface area contributed by atoms with Crippen LogP contribution < -0.4 is 15.5 Å². The van der Waals surface area contributed by atoms with E-state index in [1.54, 1.807) is 24.3 Å². The van der Waals surface area contributed by atoms with Crippen LogP contribution in [0.25, 0.3) is 0 Å². The third-order valence-electron chi connectivity index (χ3n) is 4.33. The van der Waals surface area contributed by atoms with E-state index in [1.807, 2.05) is 24.3 Å². The highest BCUT2D eigenvalue weighted by Gasteiger charge is 2.36. The van der Waals surface area contributed by atoms with E-state index in [-0.39, 0.29) is 30.7 Å². The monoisotopic (exact) mass is 321 g/mol. The van der Waals surface area contributed by atoms with E-state index in [2.05, 4.69) is 10.6 Å². The number of hydrogen-bond acceptors (Lipinski definition) is 3. The van der Waals surface area contributed by atoms with Crippen molar-refractivity contribution in [1.29, 1.82) is 0 Å². The largest absolute Gasteiger partial charge is 0.326 e. The smallest absolute Gasteiger partial charge is 0.244 e. The van der Waals surface area contributed by atoms with Crippen molar-refractivity contribution in [3.05, 3.63) is 54.1 Å². The quantitative estimate of drug-likeness (QED) is 0.844. The normalized spacial score (nSPS) is 19.0. The van der Waals surface area contributed by atoms with Crippen LogP contribution in [0.1, 0.15) is 17.9 Å². The molecule has 0 saturated heterocycles. The summed E-state index contributed by atoms with van der Waals surface area (Å²) in [5, 5.41) is 5.55. The van der Waals surface area contributed by atoms with Crippen LogP contribution in [0.15, 0.2) is 48.5 Å². The average Bonchev–Trinajstić information content (AvgIpc) is 2.59. The predicted molar refractivity (Wildman–Crippen MR) is 89.9 cm³/mol. The molecule has 0 bridgehead atoms. The molecule has 2 aliphatic heterocycles. The summed E-state index contributed by atoms with van der Waals surface area (Å²) in [6.07, 6.45) is 0.0795. The number of anilines is 3. The van der Waals surface area contributed by atoms with E-state index in [0.717, 1.165) is 5.56 Å². The van der Waals surface area contributed by atoms with Gasteiger partial charge in [0.25, 0.3) is 0 Å². The fourth-order valence-corrected chi connectivity index (χ4v) is 3.25. The van der Waals surface area contributed by atoms with Crippen molar-refractivity contribution in [3.63, 3.8) is 0 Å². The molecule has 4 rings (SSSR count). The van der Waals surface area contributed by atoms with Gasteiger partial charge in [0.1, 0.15) is 6.54 Å². The summed E-state index contributed by atoms with van der Waals surface area (Å²) in [6.45, 7) is -0.0455. The van der Waals surface area contributed by atoms with Crippen molar-refractivity contribution in [1.82, 2.24) is 0 Å². The minimum absolute atomic E-state index is 0.0455. The van der Waals surface area contributed by atoms with E-state index >= 15 is 0 Å². The van der Waals surface area contributed by atoms with Gasteiger partial charge < -0.3 is 15.5 Å². The number of rotatable bonds is 1. The van der Waals surface area contributed by atoms with E-state index in [4.69, 9.17) is 0 Å². The molecule has 2 aromatic rings. The van der Waals surface area contributed by atoms with Gasteiger partial charge in [-0.2, -0.15) is 0 Å². The molecule has 24 heavy (non-hydrogen) atoms. The first-order valence-electron chi connectivity index (χ1n) is 7.72. The fourth-order valence-electron chi connectivity index (χ4n) is 3.25. The zero-order valence-corrected chi connectivity index (χ0v) is 12.8. The number of amides is 3. The summed E-state index contributed by atoms with van der Waals surface area (Å²) in [5.41, 5.74) is 2.70. The van der Waals surface area contributed by atoms with E-state index < -0.39 is 5.92 Å². The van der Waals surface area contributed by atoms with Gasteiger partial charge in [-0.05, 0) is 23.8 Å². The van der Waals surface area contributed by atoms with Gasteiger partial charge in [0.2, 0.25) is 17.7 Å². The Kier molecular flexibility index (Phi) is 3.30. The Labute approximate surface area is 138 Å². The van der Waals surface area contributed by atoms with E-state index in [9.17, 15) is 14.4 Å². The number of para-hydroxylation sites is 3. The lowest BCUT2D eigenvalue weighted by atomic mass is 9.89. The second-order valence-electron chi connectivity index (χ2n) is 5.88. The van der Waals surface area contributed by atoms with Gasteiger partial charge >= 0.3 is 0 Å². The summed E-state index contributed by atoms with van der Waals surface area (Å²) in [4.78, 5) is 38.5. The number of hydrogen-bond donors (Lipinski definition) is 2. The van der Waals surface area contributed by atoms with Crippen LogP contribution >= 0.6 is 0 Å². The Morgan fingerprint density at radius 3 is 2.42 bits per heavy atom. The average molecular weight is 321 g/mol. The number of fused-ring (bicyclic) bond motifs is 2. The molecule has 0 aromatic heterocycles. The molecule has 3 amide bonds. The maximum Gasteiger partial charge on any atom is 0.244 e. The Hall–Kier alpha value is -3.15. The molecular formula is C18H15N3O3. The molecule has 120 valence electrons. The molecule has 0 spiro atoms. The van der Waals surface area contributed by atoms with Gasteiger partial charge in [-0.15, -0.1) is 0 Å². The highest BCUT2D eigenvalue weighted by molar-refractivity contribution is 6.13. The summed E-state index contributed by atoms with van der Waals surface area (Å²) in [7, 11) is 0. The van der Waals surface area contributed by atoms with Gasteiger partial charge in [0.15, 0.2) is 0 Å². The standard InChI is InChI=1S/C18H15N3O3/c22-16-9-12(11-5-1-2-6-13(11)19-16)18(24)21-10-17(23)20-14-7-3-4-8-15(14)21/h1-8,12H,9-10H2,(H,19,22)(H,20,23). The Bertz CT molecular complexity index is 793. The third kappa shape index (κ3) is 2.32. The lowest BCUT2D eigenvalue weighted by Gasteiger charge is -2.33. The van der Waals surface area contributed by atoms with Gasteiger partial charge in [-0.3, -0.25) is 14.4 Å². The van der Waals surface area contributed by atoms with Crippen molar-refractivity contribution in [2.45, 2.75) is 12.3 Å². The molecule has 2 heterocycles. The van der Waals surface area contributed by atoms with Crippen molar-refractivity contribution < 1.29 is 14.4 Å². The van der Waals surface area contributed by atoms with Crippen LogP contribution in [0.3, 0.4) is 0 Å². The van der Waals surface area contributed by atoms with Crippen LogP contribution in [-0.4, -0.2) is 24.3 Å². The van der Waals surface area contributed by atoms with Crippen LogP contribution in [0, 0.1) is 0 Å². The van der Waals surface area contributed by atoms with Crippen LogP contribution in [-0.2, 0) is 14.4 Å². The topological polar surface area (TPSA) is 78.5 Å². The molecule has 0 aliphatic carbocycles. The van der Waals surface area contributed by atoms with Crippen LogP contribution in [0.2, 0.25) is 0 Å². The minimum Gasteiger partial charge on any atom is -0.326 e. The Morgan fingerprint density at radius 2 is 1.58 bits per heavy atom. The number of carbonyl (C=O) groups is 3. The molecule has 1 atom stereocenters. The molecule has 1 unspecified atom stereocenters. The lowest BCUT2D eigenvalue weighted by Crippen LogP contribution is -2.45. The lowest BCUT2D eigenvalue weighted by molar-refractivity contribution is -0.125. The van der Waals surface area contributed by atoms with Crippen molar-refractivity contribution in [2.75, 3.05) is 22.1 Å². The van der Waals surface area contributed by atoms with E-state index in [1.165, 1.54) is 4.90 Å². The maximum atomic E-state index is 13.1. The molecule has 0 fully saturated rings. The molecule has 6 nitrogen and oxygen atoms in total. The van der Waals surface area contributed by atoms with Crippen molar-refractivity contribution >= 4 is 34.8 Å². The summed E-state index contributed by atoms with van der Waals surface area (Å²) in [6, 6.07) is 14.4. The molecule has 0 saturated carbocycles. The number of nitrogens with one attached hydrogen (secondary N) is 2. The number of carbonyl (C=O) groups excluding carboxylic acids is 3. The first kappa shape index (κ1) is 14.4. The van der Waals surface area contributed by atoms with E-state index in [0.29, 0.717) is 17.1 Å².